The first-order chi connectivity index (χ1) is 14.7. The number of hydrogen-bond donors (Lipinski definition) is 0. The summed E-state index contributed by atoms with van der Waals surface area (Å²) in [4.78, 5) is 30.0. The number of unbranched alkanes of at least 4 members (excludes halogenated alkanes) is 3. The van der Waals surface area contributed by atoms with Crippen molar-refractivity contribution in [3.05, 3.63) is 29.3 Å². The van der Waals surface area contributed by atoms with Gasteiger partial charge in [-0.3, -0.25) is 9.59 Å². The Kier molecular flexibility index (Phi) is 6.35. The van der Waals surface area contributed by atoms with Gasteiger partial charge in [-0.2, -0.15) is 5.26 Å². The van der Waals surface area contributed by atoms with Crippen molar-refractivity contribution < 1.29 is 19.1 Å². The Morgan fingerprint density at radius 2 is 1.83 bits per heavy atom. The molecule has 0 atom stereocenters. The standard InChI is InChI=1S/C23H29N3O4/c24-11-4-1-2-7-14-26-20-10-9-18(21(27)25-12-5-3-6-13-25)17-19(20)23(22(26)28)29-15-8-16-30-23/h9-10,17H,1-8,12-16H2. The summed E-state index contributed by atoms with van der Waals surface area (Å²) in [5.74, 6) is -1.63. The third kappa shape index (κ3) is 3.82. The minimum atomic E-state index is -1.43. The summed E-state index contributed by atoms with van der Waals surface area (Å²) in [6, 6.07) is 7.62. The number of ether oxygens (including phenoxy) is 2. The number of piperidine rings is 1. The number of fused-ring (bicyclic) bond motifs is 2. The van der Waals surface area contributed by atoms with E-state index in [1.807, 2.05) is 17.0 Å². The molecule has 160 valence electrons. The predicted octanol–water partition coefficient (Wildman–Crippen LogP) is 3.33. The first-order valence-corrected chi connectivity index (χ1v) is 11.1. The number of anilines is 1. The molecule has 7 nitrogen and oxygen atoms in total. The van der Waals surface area contributed by atoms with E-state index in [1.54, 1.807) is 11.0 Å². The maximum atomic E-state index is 13.4. The molecular formula is C23H29N3O4. The zero-order valence-corrected chi connectivity index (χ0v) is 17.4. The number of amides is 2. The molecule has 1 aromatic carbocycles. The van der Waals surface area contributed by atoms with E-state index < -0.39 is 5.79 Å². The van der Waals surface area contributed by atoms with Crippen LogP contribution in [0.4, 0.5) is 5.69 Å². The van der Waals surface area contributed by atoms with Crippen LogP contribution in [0, 0.1) is 11.3 Å². The van der Waals surface area contributed by atoms with Gasteiger partial charge in [0.15, 0.2) is 0 Å². The highest BCUT2D eigenvalue weighted by molar-refractivity contribution is 6.07. The largest absolute Gasteiger partial charge is 0.339 e. The highest BCUT2D eigenvalue weighted by atomic mass is 16.7. The predicted molar refractivity (Wildman–Crippen MR) is 111 cm³/mol. The van der Waals surface area contributed by atoms with Gasteiger partial charge in [0.1, 0.15) is 0 Å². The number of carbonyl (C=O) groups is 2. The number of rotatable bonds is 6. The van der Waals surface area contributed by atoms with Gasteiger partial charge >= 0.3 is 0 Å². The number of nitrogens with zero attached hydrogens (tertiary/aromatic N) is 3. The van der Waals surface area contributed by atoms with Gasteiger partial charge in [0.25, 0.3) is 17.6 Å². The first-order valence-electron chi connectivity index (χ1n) is 11.1. The molecule has 1 spiro atoms. The van der Waals surface area contributed by atoms with Gasteiger partial charge in [0.05, 0.1) is 25.0 Å². The second kappa shape index (κ2) is 9.15. The molecule has 0 N–H and O–H groups in total. The average Bonchev–Trinajstić information content (AvgIpc) is 3.01. The van der Waals surface area contributed by atoms with E-state index in [4.69, 9.17) is 14.7 Å². The smallest absolute Gasteiger partial charge is 0.292 e. The molecule has 0 aromatic heterocycles. The van der Waals surface area contributed by atoms with Gasteiger partial charge in [-0.25, -0.2) is 0 Å². The first kappa shape index (κ1) is 20.8. The van der Waals surface area contributed by atoms with Crippen LogP contribution in [-0.4, -0.2) is 49.6 Å². The van der Waals surface area contributed by atoms with E-state index in [2.05, 4.69) is 6.07 Å². The third-order valence-corrected chi connectivity index (χ3v) is 6.13. The Labute approximate surface area is 177 Å². The third-order valence-electron chi connectivity index (χ3n) is 6.13. The topological polar surface area (TPSA) is 82.9 Å². The van der Waals surface area contributed by atoms with E-state index in [-0.39, 0.29) is 11.8 Å². The summed E-state index contributed by atoms with van der Waals surface area (Å²) < 4.78 is 11.9. The zero-order chi connectivity index (χ0) is 21.0. The van der Waals surface area contributed by atoms with E-state index in [0.717, 1.165) is 63.7 Å². The highest BCUT2D eigenvalue weighted by Crippen LogP contribution is 2.45. The molecular weight excluding hydrogens is 382 g/mol. The fourth-order valence-corrected chi connectivity index (χ4v) is 4.53. The summed E-state index contributed by atoms with van der Waals surface area (Å²) in [5.41, 5.74) is 1.99. The number of hydrogen-bond acceptors (Lipinski definition) is 5. The second-order valence-electron chi connectivity index (χ2n) is 8.18. The average molecular weight is 412 g/mol. The summed E-state index contributed by atoms with van der Waals surface area (Å²) >= 11 is 0. The number of benzene rings is 1. The van der Waals surface area contributed by atoms with Crippen molar-refractivity contribution in [2.24, 2.45) is 0 Å². The second-order valence-corrected chi connectivity index (χ2v) is 8.18. The summed E-state index contributed by atoms with van der Waals surface area (Å²) in [5, 5.41) is 8.70. The Hall–Kier alpha value is -2.43. The fraction of sp³-hybridized carbons (Fsp3) is 0.609. The lowest BCUT2D eigenvalue weighted by molar-refractivity contribution is -0.256. The molecule has 0 aliphatic carbocycles. The van der Waals surface area contributed by atoms with E-state index >= 15 is 0 Å². The monoisotopic (exact) mass is 411 g/mol. The van der Waals surface area contributed by atoms with Gasteiger partial charge in [-0.05, 0) is 56.7 Å². The van der Waals surface area contributed by atoms with Gasteiger partial charge in [-0.15, -0.1) is 0 Å². The highest BCUT2D eigenvalue weighted by Gasteiger charge is 2.55. The van der Waals surface area contributed by atoms with E-state index in [1.165, 1.54) is 0 Å². The molecule has 0 bridgehead atoms. The minimum absolute atomic E-state index is 0.00543. The van der Waals surface area contributed by atoms with Crippen LogP contribution in [0.2, 0.25) is 0 Å². The molecule has 0 saturated carbocycles. The van der Waals surface area contributed by atoms with Crippen molar-refractivity contribution >= 4 is 17.5 Å². The summed E-state index contributed by atoms with van der Waals surface area (Å²) in [6.07, 6.45) is 7.01. The van der Waals surface area contributed by atoms with Gasteiger partial charge in [0, 0.05) is 37.2 Å². The van der Waals surface area contributed by atoms with Crippen LogP contribution in [0.25, 0.3) is 0 Å². The van der Waals surface area contributed by atoms with Gasteiger partial charge < -0.3 is 19.3 Å². The van der Waals surface area contributed by atoms with E-state index in [0.29, 0.717) is 37.3 Å². The lowest BCUT2D eigenvalue weighted by atomic mass is 10.0. The molecule has 1 aromatic rings. The van der Waals surface area contributed by atoms with Crippen molar-refractivity contribution in [2.45, 2.75) is 57.2 Å². The normalized spacial score (nSPS) is 20.3. The lowest BCUT2D eigenvalue weighted by Gasteiger charge is -2.33. The quantitative estimate of drug-likeness (QED) is 0.671. The maximum Gasteiger partial charge on any atom is 0.292 e. The molecule has 2 saturated heterocycles. The number of carbonyl (C=O) groups excluding carboxylic acids is 2. The van der Waals surface area contributed by atoms with Crippen molar-refractivity contribution in [2.75, 3.05) is 37.7 Å². The Bertz CT molecular complexity index is 835. The minimum Gasteiger partial charge on any atom is -0.339 e. The Morgan fingerprint density at radius 1 is 1.07 bits per heavy atom. The SMILES string of the molecule is N#CCCCCCN1C(=O)C2(OCCCO2)c2cc(C(=O)N3CCCCC3)ccc21. The molecule has 2 amide bonds. The van der Waals surface area contributed by atoms with Crippen LogP contribution >= 0.6 is 0 Å². The van der Waals surface area contributed by atoms with Crippen molar-refractivity contribution in [3.63, 3.8) is 0 Å². The fourth-order valence-electron chi connectivity index (χ4n) is 4.53. The molecule has 3 aliphatic heterocycles. The molecule has 3 heterocycles. The summed E-state index contributed by atoms with van der Waals surface area (Å²) in [7, 11) is 0. The molecule has 4 rings (SSSR count). The van der Waals surface area contributed by atoms with Crippen LogP contribution in [0.15, 0.2) is 18.2 Å². The van der Waals surface area contributed by atoms with Crippen molar-refractivity contribution in [1.29, 1.82) is 5.26 Å². The number of likely N-dealkylation sites (tertiary alicyclic amines) is 1. The van der Waals surface area contributed by atoms with Crippen LogP contribution in [-0.2, 0) is 20.1 Å². The van der Waals surface area contributed by atoms with Crippen molar-refractivity contribution in [3.8, 4) is 6.07 Å². The maximum absolute atomic E-state index is 13.4. The van der Waals surface area contributed by atoms with Gasteiger partial charge in [0.2, 0.25) is 0 Å². The van der Waals surface area contributed by atoms with Crippen LogP contribution < -0.4 is 4.90 Å². The van der Waals surface area contributed by atoms with Crippen molar-refractivity contribution in [1.82, 2.24) is 4.90 Å². The molecule has 0 radical (unpaired) electrons. The molecule has 30 heavy (non-hydrogen) atoms. The molecule has 0 unspecified atom stereocenters. The van der Waals surface area contributed by atoms with E-state index in [9.17, 15) is 9.59 Å². The Balaban J connectivity index is 1.60. The molecule has 7 heteroatoms. The van der Waals surface area contributed by atoms with Crippen LogP contribution in [0.3, 0.4) is 0 Å². The molecule has 2 fully saturated rings. The van der Waals surface area contributed by atoms with Gasteiger partial charge in [-0.1, -0.05) is 6.42 Å². The lowest BCUT2D eigenvalue weighted by Crippen LogP contribution is -2.47. The zero-order valence-electron chi connectivity index (χ0n) is 17.4. The number of nitriles is 1. The Morgan fingerprint density at radius 3 is 2.57 bits per heavy atom. The van der Waals surface area contributed by atoms with Crippen LogP contribution in [0.1, 0.15) is 67.3 Å². The summed E-state index contributed by atoms with van der Waals surface area (Å²) in [6.45, 7) is 3.01. The molecule has 3 aliphatic rings. The van der Waals surface area contributed by atoms with Crippen LogP contribution in [0.5, 0.6) is 0 Å².